The Morgan fingerprint density at radius 2 is 1.41 bits per heavy atom. The van der Waals surface area contributed by atoms with E-state index < -0.39 is 0 Å². The third-order valence-corrected chi connectivity index (χ3v) is 6.57. The Bertz CT molecular complexity index is 582. The zero-order valence-electron chi connectivity index (χ0n) is 19.2. The van der Waals surface area contributed by atoms with Crippen LogP contribution in [0, 0.1) is 12.8 Å². The second-order valence-electron chi connectivity index (χ2n) is 7.77. The molecular formula is C23H41N3OS2. The number of hydrogen-bond acceptors (Lipinski definition) is 5. The highest BCUT2D eigenvalue weighted by molar-refractivity contribution is 7.99. The molecule has 1 amide bonds. The highest BCUT2D eigenvalue weighted by Crippen LogP contribution is 2.29. The van der Waals surface area contributed by atoms with Crippen molar-refractivity contribution in [1.29, 1.82) is 0 Å². The first kappa shape index (κ1) is 26.3. The molecular weight excluding hydrogens is 398 g/mol. The number of amides is 1. The average molecular weight is 440 g/mol. The first-order chi connectivity index (χ1) is 14.1. The molecule has 0 saturated carbocycles. The van der Waals surface area contributed by atoms with Gasteiger partial charge in [0.05, 0.1) is 11.4 Å². The van der Waals surface area contributed by atoms with Gasteiger partial charge in [0.1, 0.15) is 5.03 Å². The molecule has 1 aromatic heterocycles. The first-order valence-electron chi connectivity index (χ1n) is 11.3. The molecule has 1 N–H and O–H groups in total. The lowest BCUT2D eigenvalue weighted by atomic mass is 9.93. The minimum absolute atomic E-state index is 0.0904. The highest BCUT2D eigenvalue weighted by Gasteiger charge is 2.21. The van der Waals surface area contributed by atoms with E-state index in [1.807, 2.05) is 19.4 Å². The number of thioether (sulfide) groups is 2. The molecule has 1 rings (SSSR count). The van der Waals surface area contributed by atoms with Crippen molar-refractivity contribution in [3.8, 4) is 0 Å². The van der Waals surface area contributed by atoms with Crippen LogP contribution in [0.5, 0.6) is 0 Å². The van der Waals surface area contributed by atoms with Gasteiger partial charge in [-0.05, 0) is 32.3 Å². The van der Waals surface area contributed by atoms with E-state index in [9.17, 15) is 4.79 Å². The summed E-state index contributed by atoms with van der Waals surface area (Å²) in [6, 6.07) is 0. The number of aromatic nitrogens is 2. The monoisotopic (exact) mass is 439 g/mol. The summed E-state index contributed by atoms with van der Waals surface area (Å²) in [7, 11) is 0. The fourth-order valence-electron chi connectivity index (χ4n) is 3.53. The Balaban J connectivity index is 2.75. The molecule has 29 heavy (non-hydrogen) atoms. The van der Waals surface area contributed by atoms with Crippen LogP contribution in [-0.2, 0) is 4.79 Å². The average Bonchev–Trinajstić information content (AvgIpc) is 2.72. The molecule has 0 radical (unpaired) electrons. The molecule has 0 aliphatic carbocycles. The van der Waals surface area contributed by atoms with Crippen molar-refractivity contribution in [2.45, 2.75) is 108 Å². The number of nitrogens with zero attached hydrogens (tertiary/aromatic N) is 2. The minimum Gasteiger partial charge on any atom is -0.322 e. The number of rotatable bonds is 16. The fourth-order valence-corrected chi connectivity index (χ4v) is 4.57. The number of anilines is 1. The molecule has 0 aliphatic rings. The van der Waals surface area contributed by atoms with E-state index in [2.05, 4.69) is 29.1 Å². The highest BCUT2D eigenvalue weighted by atomic mass is 32.2. The van der Waals surface area contributed by atoms with Gasteiger partial charge >= 0.3 is 0 Å². The lowest BCUT2D eigenvalue weighted by Crippen LogP contribution is -2.24. The summed E-state index contributed by atoms with van der Waals surface area (Å²) in [5.41, 5.74) is 1.65. The molecule has 0 aliphatic heterocycles. The summed E-state index contributed by atoms with van der Waals surface area (Å²) in [6.45, 7) is 6.44. The van der Waals surface area contributed by atoms with Crippen LogP contribution >= 0.6 is 23.5 Å². The van der Waals surface area contributed by atoms with Gasteiger partial charge in [0.2, 0.25) is 5.91 Å². The number of carbonyl (C=O) groups excluding carboxylic acids is 1. The van der Waals surface area contributed by atoms with E-state index in [-0.39, 0.29) is 11.8 Å². The second kappa shape index (κ2) is 16.0. The largest absolute Gasteiger partial charge is 0.322 e. The number of aryl methyl sites for hydroxylation is 1. The maximum Gasteiger partial charge on any atom is 0.227 e. The Morgan fingerprint density at radius 3 is 1.90 bits per heavy atom. The van der Waals surface area contributed by atoms with E-state index in [0.717, 1.165) is 47.2 Å². The van der Waals surface area contributed by atoms with Crippen LogP contribution in [0.25, 0.3) is 0 Å². The van der Waals surface area contributed by atoms with Gasteiger partial charge in [-0.3, -0.25) is 4.79 Å². The van der Waals surface area contributed by atoms with Gasteiger partial charge in [-0.25, -0.2) is 9.97 Å². The van der Waals surface area contributed by atoms with Gasteiger partial charge in [0.15, 0.2) is 5.16 Å². The van der Waals surface area contributed by atoms with Crippen molar-refractivity contribution < 1.29 is 4.79 Å². The summed E-state index contributed by atoms with van der Waals surface area (Å²) in [5, 5.41) is 4.81. The van der Waals surface area contributed by atoms with E-state index in [4.69, 9.17) is 0 Å². The van der Waals surface area contributed by atoms with Crippen LogP contribution in [0.1, 0.15) is 96.6 Å². The number of unbranched alkanes of at least 4 members (excludes halogenated alkanes) is 8. The smallest absolute Gasteiger partial charge is 0.227 e. The summed E-state index contributed by atoms with van der Waals surface area (Å²) in [4.78, 5) is 22.2. The molecule has 6 heteroatoms. The second-order valence-corrected chi connectivity index (χ2v) is 9.34. The molecule has 4 nitrogen and oxygen atoms in total. The number of nitrogens with one attached hydrogen (secondary N) is 1. The predicted octanol–water partition coefficient (Wildman–Crippen LogP) is 7.50. The molecule has 0 atom stereocenters. The third-order valence-electron chi connectivity index (χ3n) is 5.34. The van der Waals surface area contributed by atoms with Crippen LogP contribution in [0.3, 0.4) is 0 Å². The SMILES string of the molecule is CCCCCCCC(CCCCCCC)C(=O)Nc1c(C)nc(SC)nc1SC. The van der Waals surface area contributed by atoms with E-state index in [1.54, 1.807) is 11.8 Å². The fraction of sp³-hybridized carbons (Fsp3) is 0.783. The summed E-state index contributed by atoms with van der Waals surface area (Å²) < 4.78 is 0. The molecule has 1 aromatic rings. The van der Waals surface area contributed by atoms with Gasteiger partial charge in [-0.2, -0.15) is 0 Å². The summed E-state index contributed by atoms with van der Waals surface area (Å²) in [5.74, 6) is 0.238. The third kappa shape index (κ3) is 10.2. The molecule has 0 bridgehead atoms. The topological polar surface area (TPSA) is 54.9 Å². The maximum absolute atomic E-state index is 13.1. The molecule has 0 fully saturated rings. The van der Waals surface area contributed by atoms with Crippen molar-refractivity contribution in [2.75, 3.05) is 17.8 Å². The quantitative estimate of drug-likeness (QED) is 0.125. The van der Waals surface area contributed by atoms with Crippen LogP contribution in [0.15, 0.2) is 10.2 Å². The Hall–Kier alpha value is -0.750. The molecule has 0 aromatic carbocycles. The Labute approximate surface area is 187 Å². The van der Waals surface area contributed by atoms with Crippen LogP contribution in [0.4, 0.5) is 5.69 Å². The van der Waals surface area contributed by atoms with E-state index in [1.165, 1.54) is 63.1 Å². The van der Waals surface area contributed by atoms with Gasteiger partial charge in [-0.15, -0.1) is 11.8 Å². The van der Waals surface area contributed by atoms with Crippen LogP contribution < -0.4 is 5.32 Å². The van der Waals surface area contributed by atoms with Crippen molar-refractivity contribution in [3.05, 3.63) is 5.69 Å². The lowest BCUT2D eigenvalue weighted by Gasteiger charge is -2.19. The van der Waals surface area contributed by atoms with Crippen LogP contribution in [-0.4, -0.2) is 28.4 Å². The van der Waals surface area contributed by atoms with Crippen molar-refractivity contribution in [2.24, 2.45) is 5.92 Å². The number of hydrogen-bond donors (Lipinski definition) is 1. The van der Waals surface area contributed by atoms with E-state index >= 15 is 0 Å². The molecule has 166 valence electrons. The first-order valence-corrected chi connectivity index (χ1v) is 13.8. The predicted molar refractivity (Wildman–Crippen MR) is 129 cm³/mol. The standard InChI is InChI=1S/C23H41N3OS2/c1-6-8-10-12-14-16-19(17-15-13-11-9-7-2)21(27)25-20-18(3)24-23(29-5)26-22(20)28-4/h19H,6-17H2,1-5H3,(H,25,27). The van der Waals surface area contributed by atoms with Crippen molar-refractivity contribution >= 4 is 35.1 Å². The molecule has 0 unspecified atom stereocenters. The molecule has 1 heterocycles. The molecule has 0 spiro atoms. The Morgan fingerprint density at radius 1 is 0.862 bits per heavy atom. The lowest BCUT2D eigenvalue weighted by molar-refractivity contribution is -0.120. The Kier molecular flexibility index (Phi) is 14.5. The number of carbonyl (C=O) groups is 1. The van der Waals surface area contributed by atoms with Gasteiger partial charge in [0.25, 0.3) is 0 Å². The van der Waals surface area contributed by atoms with Gasteiger partial charge in [-0.1, -0.05) is 89.8 Å². The zero-order chi connectivity index (χ0) is 21.5. The normalized spacial score (nSPS) is 11.2. The van der Waals surface area contributed by atoms with Crippen molar-refractivity contribution in [3.63, 3.8) is 0 Å². The van der Waals surface area contributed by atoms with E-state index in [0.29, 0.717) is 0 Å². The summed E-state index contributed by atoms with van der Waals surface area (Å²) in [6.07, 6.45) is 18.4. The molecule has 0 saturated heterocycles. The van der Waals surface area contributed by atoms with Gasteiger partial charge < -0.3 is 5.32 Å². The van der Waals surface area contributed by atoms with Crippen LogP contribution in [0.2, 0.25) is 0 Å². The zero-order valence-corrected chi connectivity index (χ0v) is 20.8. The van der Waals surface area contributed by atoms with Gasteiger partial charge in [0, 0.05) is 5.92 Å². The summed E-state index contributed by atoms with van der Waals surface area (Å²) >= 11 is 3.10. The maximum atomic E-state index is 13.1. The minimum atomic E-state index is 0.0904. The van der Waals surface area contributed by atoms with Crippen molar-refractivity contribution in [1.82, 2.24) is 9.97 Å².